The van der Waals surface area contributed by atoms with Gasteiger partial charge in [-0.3, -0.25) is 14.4 Å². The molecular formula is C23H29N5O4. The molecule has 1 unspecified atom stereocenters. The number of primary amides is 1. The van der Waals surface area contributed by atoms with Crippen LogP contribution in [0.3, 0.4) is 0 Å². The summed E-state index contributed by atoms with van der Waals surface area (Å²) in [6, 6.07) is 10.4. The van der Waals surface area contributed by atoms with Crippen LogP contribution in [0.15, 0.2) is 42.6 Å². The van der Waals surface area contributed by atoms with Crippen molar-refractivity contribution in [3.05, 3.63) is 48.2 Å². The normalized spacial score (nSPS) is 15.7. The minimum Gasteiger partial charge on any atom is -0.497 e. The Labute approximate surface area is 187 Å². The molecule has 0 radical (unpaired) electrons. The van der Waals surface area contributed by atoms with Gasteiger partial charge in [-0.2, -0.15) is 0 Å². The zero-order chi connectivity index (χ0) is 22.9. The third-order valence-corrected chi connectivity index (χ3v) is 5.40. The highest BCUT2D eigenvalue weighted by Gasteiger charge is 2.24. The zero-order valence-electron chi connectivity index (χ0n) is 18.2. The Bertz CT molecular complexity index is 930. The van der Waals surface area contributed by atoms with E-state index in [0.717, 1.165) is 25.2 Å². The maximum Gasteiger partial charge on any atom is 0.251 e. The molecule has 1 saturated heterocycles. The molecule has 0 saturated carbocycles. The number of nitrogens with zero attached hydrogens (tertiary/aromatic N) is 2. The van der Waals surface area contributed by atoms with Crippen LogP contribution in [0, 0.1) is 5.92 Å². The van der Waals surface area contributed by atoms with Gasteiger partial charge in [-0.25, -0.2) is 4.98 Å². The number of aromatic nitrogens is 1. The molecule has 1 aromatic carbocycles. The summed E-state index contributed by atoms with van der Waals surface area (Å²) in [7, 11) is 1.57. The van der Waals surface area contributed by atoms with Crippen LogP contribution in [0.4, 0.5) is 11.5 Å². The van der Waals surface area contributed by atoms with Crippen LogP contribution in [-0.2, 0) is 9.59 Å². The summed E-state index contributed by atoms with van der Waals surface area (Å²) in [6.07, 6.45) is 4.09. The number of benzene rings is 1. The fourth-order valence-electron chi connectivity index (χ4n) is 3.58. The Morgan fingerprint density at radius 3 is 2.62 bits per heavy atom. The predicted molar refractivity (Wildman–Crippen MR) is 122 cm³/mol. The first-order chi connectivity index (χ1) is 15.5. The SMILES string of the molecule is COc1ccc(C(=O)NCCCC(=O)Nc2ccc(N3CCCC(C(N)=O)C3)nc2)cc1. The van der Waals surface area contributed by atoms with Gasteiger partial charge >= 0.3 is 0 Å². The van der Waals surface area contributed by atoms with E-state index in [-0.39, 0.29) is 30.1 Å². The summed E-state index contributed by atoms with van der Waals surface area (Å²) in [5.74, 6) is 0.671. The van der Waals surface area contributed by atoms with Crippen molar-refractivity contribution < 1.29 is 19.1 Å². The molecule has 1 atom stereocenters. The van der Waals surface area contributed by atoms with Gasteiger partial charge < -0.3 is 26.0 Å². The first-order valence-electron chi connectivity index (χ1n) is 10.7. The number of amides is 3. The highest BCUT2D eigenvalue weighted by atomic mass is 16.5. The lowest BCUT2D eigenvalue weighted by Crippen LogP contribution is -2.41. The van der Waals surface area contributed by atoms with Crippen molar-refractivity contribution >= 4 is 29.2 Å². The number of nitrogens with two attached hydrogens (primary N) is 1. The molecule has 3 amide bonds. The lowest BCUT2D eigenvalue weighted by atomic mass is 9.97. The van der Waals surface area contributed by atoms with E-state index in [1.165, 1.54) is 0 Å². The molecule has 1 fully saturated rings. The number of hydrogen-bond acceptors (Lipinski definition) is 6. The highest BCUT2D eigenvalue weighted by molar-refractivity contribution is 5.94. The van der Waals surface area contributed by atoms with Crippen molar-refractivity contribution in [2.45, 2.75) is 25.7 Å². The van der Waals surface area contributed by atoms with E-state index in [1.807, 2.05) is 11.0 Å². The van der Waals surface area contributed by atoms with Crippen molar-refractivity contribution in [2.75, 3.05) is 37.0 Å². The monoisotopic (exact) mass is 439 g/mol. The second kappa shape index (κ2) is 11.1. The molecule has 9 nitrogen and oxygen atoms in total. The van der Waals surface area contributed by atoms with Crippen molar-refractivity contribution in [3.8, 4) is 5.75 Å². The van der Waals surface area contributed by atoms with E-state index in [4.69, 9.17) is 10.5 Å². The van der Waals surface area contributed by atoms with Crippen LogP contribution in [0.1, 0.15) is 36.0 Å². The maximum absolute atomic E-state index is 12.2. The van der Waals surface area contributed by atoms with Crippen LogP contribution < -0.4 is 26.0 Å². The zero-order valence-corrected chi connectivity index (χ0v) is 18.2. The number of ether oxygens (including phenoxy) is 1. The van der Waals surface area contributed by atoms with Gasteiger partial charge in [-0.1, -0.05) is 0 Å². The molecule has 2 aromatic rings. The van der Waals surface area contributed by atoms with E-state index in [0.29, 0.717) is 36.5 Å². The van der Waals surface area contributed by atoms with Crippen LogP contribution in [0.2, 0.25) is 0 Å². The van der Waals surface area contributed by atoms with Gasteiger partial charge in [0.25, 0.3) is 5.91 Å². The molecule has 0 aliphatic carbocycles. The maximum atomic E-state index is 12.2. The van der Waals surface area contributed by atoms with Crippen LogP contribution in [-0.4, -0.2) is 49.4 Å². The van der Waals surface area contributed by atoms with E-state index in [9.17, 15) is 14.4 Å². The standard InChI is InChI=1S/C23H29N5O4/c1-32-19-9-6-16(7-10-19)23(31)25-12-2-5-21(29)27-18-8-11-20(26-14-18)28-13-3-4-17(15-28)22(24)30/h6-11,14,17H,2-5,12-13,15H2,1H3,(H2,24,30)(H,25,31)(H,27,29). The van der Waals surface area contributed by atoms with E-state index < -0.39 is 0 Å². The Kier molecular flexibility index (Phi) is 8.02. The van der Waals surface area contributed by atoms with Gasteiger partial charge in [-0.15, -0.1) is 0 Å². The number of pyridine rings is 1. The van der Waals surface area contributed by atoms with Crippen molar-refractivity contribution in [2.24, 2.45) is 11.7 Å². The van der Waals surface area contributed by atoms with Gasteiger partial charge in [0.15, 0.2) is 0 Å². The van der Waals surface area contributed by atoms with Gasteiger partial charge in [0.1, 0.15) is 11.6 Å². The third-order valence-electron chi connectivity index (χ3n) is 5.40. The Balaban J connectivity index is 1.39. The number of piperidine rings is 1. The average Bonchev–Trinajstić information content (AvgIpc) is 2.82. The molecule has 9 heteroatoms. The number of methoxy groups -OCH3 is 1. The van der Waals surface area contributed by atoms with Crippen LogP contribution >= 0.6 is 0 Å². The second-order valence-corrected chi connectivity index (χ2v) is 7.73. The topological polar surface area (TPSA) is 127 Å². The van der Waals surface area contributed by atoms with Gasteiger partial charge in [-0.05, 0) is 55.7 Å². The smallest absolute Gasteiger partial charge is 0.251 e. The van der Waals surface area contributed by atoms with Gasteiger partial charge in [0.05, 0.1) is 24.9 Å². The molecular weight excluding hydrogens is 410 g/mol. The Morgan fingerprint density at radius 2 is 1.97 bits per heavy atom. The van der Waals surface area contributed by atoms with Crippen molar-refractivity contribution in [1.82, 2.24) is 10.3 Å². The number of carbonyl (C=O) groups is 3. The first kappa shape index (κ1) is 23.1. The number of hydrogen-bond donors (Lipinski definition) is 3. The average molecular weight is 440 g/mol. The molecule has 1 aliphatic rings. The van der Waals surface area contributed by atoms with Gasteiger partial charge in [0, 0.05) is 31.6 Å². The van der Waals surface area contributed by atoms with E-state index in [2.05, 4.69) is 15.6 Å². The summed E-state index contributed by atoms with van der Waals surface area (Å²) in [5, 5.41) is 5.61. The van der Waals surface area contributed by atoms with E-state index >= 15 is 0 Å². The second-order valence-electron chi connectivity index (χ2n) is 7.73. The Hall–Kier alpha value is -3.62. The lowest BCUT2D eigenvalue weighted by molar-refractivity contribution is -0.122. The molecule has 1 aromatic heterocycles. The highest BCUT2D eigenvalue weighted by Crippen LogP contribution is 2.22. The number of nitrogens with one attached hydrogen (secondary N) is 2. The fourth-order valence-corrected chi connectivity index (χ4v) is 3.58. The molecule has 3 rings (SSSR count). The van der Waals surface area contributed by atoms with Crippen LogP contribution in [0.5, 0.6) is 5.75 Å². The molecule has 32 heavy (non-hydrogen) atoms. The lowest BCUT2D eigenvalue weighted by Gasteiger charge is -2.32. The summed E-state index contributed by atoms with van der Waals surface area (Å²) >= 11 is 0. The fraction of sp³-hybridized carbons (Fsp3) is 0.391. The molecule has 2 heterocycles. The molecule has 4 N–H and O–H groups in total. The summed E-state index contributed by atoms with van der Waals surface area (Å²) in [6.45, 7) is 1.78. The third kappa shape index (κ3) is 6.44. The van der Waals surface area contributed by atoms with Crippen LogP contribution in [0.25, 0.3) is 0 Å². The molecule has 1 aliphatic heterocycles. The largest absolute Gasteiger partial charge is 0.497 e. The summed E-state index contributed by atoms with van der Waals surface area (Å²) < 4.78 is 5.07. The summed E-state index contributed by atoms with van der Waals surface area (Å²) in [5.41, 5.74) is 6.57. The van der Waals surface area contributed by atoms with E-state index in [1.54, 1.807) is 43.6 Å². The molecule has 0 bridgehead atoms. The minimum atomic E-state index is -0.279. The number of rotatable bonds is 9. The molecule has 170 valence electrons. The minimum absolute atomic E-state index is 0.148. The first-order valence-corrected chi connectivity index (χ1v) is 10.7. The van der Waals surface area contributed by atoms with Crippen molar-refractivity contribution in [3.63, 3.8) is 0 Å². The predicted octanol–water partition coefficient (Wildman–Crippen LogP) is 1.94. The quantitative estimate of drug-likeness (QED) is 0.513. The number of carbonyl (C=O) groups excluding carboxylic acids is 3. The molecule has 0 spiro atoms. The number of anilines is 2. The summed E-state index contributed by atoms with van der Waals surface area (Å²) in [4.78, 5) is 42.2. The van der Waals surface area contributed by atoms with Gasteiger partial charge in [0.2, 0.25) is 11.8 Å². The van der Waals surface area contributed by atoms with Crippen molar-refractivity contribution in [1.29, 1.82) is 0 Å². The Morgan fingerprint density at radius 1 is 1.19 bits per heavy atom.